The van der Waals surface area contributed by atoms with E-state index in [9.17, 15) is 4.79 Å². The van der Waals surface area contributed by atoms with Crippen molar-refractivity contribution in [3.8, 4) is 11.5 Å². The van der Waals surface area contributed by atoms with Crippen molar-refractivity contribution >= 4 is 5.91 Å². The number of hydrogen-bond acceptors (Lipinski definition) is 3. The van der Waals surface area contributed by atoms with Gasteiger partial charge in [-0.15, -0.1) is 0 Å². The van der Waals surface area contributed by atoms with E-state index in [1.54, 1.807) is 14.2 Å². The predicted octanol–water partition coefficient (Wildman–Crippen LogP) is 2.94. The Balaban J connectivity index is 2.36. The number of benzene rings is 1. The number of carbonyl (C=O) groups excluding carboxylic acids is 1. The Hall–Kier alpha value is -1.71. The van der Waals surface area contributed by atoms with E-state index < -0.39 is 0 Å². The second-order valence-electron chi connectivity index (χ2n) is 4.75. The summed E-state index contributed by atoms with van der Waals surface area (Å²) in [5.41, 5.74) is 1.12. The molecule has 0 heterocycles. The summed E-state index contributed by atoms with van der Waals surface area (Å²) in [6.45, 7) is 2.79. The Bertz CT molecular complexity index is 418. The molecule has 1 amide bonds. The van der Waals surface area contributed by atoms with E-state index in [2.05, 4.69) is 12.2 Å². The highest BCUT2D eigenvalue weighted by molar-refractivity contribution is 5.75. The van der Waals surface area contributed by atoms with Crippen LogP contribution in [0.2, 0.25) is 0 Å². The van der Waals surface area contributed by atoms with E-state index in [1.165, 1.54) is 0 Å². The van der Waals surface area contributed by atoms with Gasteiger partial charge in [0.1, 0.15) is 0 Å². The largest absolute Gasteiger partial charge is 0.493 e. The lowest BCUT2D eigenvalue weighted by atomic mass is 10.1. The van der Waals surface area contributed by atoms with Crippen molar-refractivity contribution in [2.24, 2.45) is 0 Å². The summed E-state index contributed by atoms with van der Waals surface area (Å²) in [7, 11) is 3.24. The van der Waals surface area contributed by atoms with Gasteiger partial charge in [-0.1, -0.05) is 25.8 Å². The molecule has 0 aromatic heterocycles. The quantitative estimate of drug-likeness (QED) is 0.707. The Morgan fingerprint density at radius 1 is 1.15 bits per heavy atom. The maximum atomic E-state index is 11.6. The van der Waals surface area contributed by atoms with Crippen molar-refractivity contribution < 1.29 is 14.3 Å². The average molecular weight is 279 g/mol. The van der Waals surface area contributed by atoms with E-state index in [-0.39, 0.29) is 5.91 Å². The lowest BCUT2D eigenvalue weighted by Gasteiger charge is -2.10. The van der Waals surface area contributed by atoms with Crippen LogP contribution in [0.25, 0.3) is 0 Å². The molecule has 4 heteroatoms. The van der Waals surface area contributed by atoms with Gasteiger partial charge in [-0.25, -0.2) is 0 Å². The molecule has 0 atom stereocenters. The third-order valence-electron chi connectivity index (χ3n) is 3.19. The fraction of sp³-hybridized carbons (Fsp3) is 0.562. The third-order valence-corrected chi connectivity index (χ3v) is 3.19. The molecule has 0 radical (unpaired) electrons. The topological polar surface area (TPSA) is 47.6 Å². The van der Waals surface area contributed by atoms with Crippen molar-refractivity contribution in [2.45, 2.75) is 39.0 Å². The molecule has 0 spiro atoms. The zero-order chi connectivity index (χ0) is 14.8. The number of ether oxygens (including phenoxy) is 2. The van der Waals surface area contributed by atoms with Crippen LogP contribution >= 0.6 is 0 Å². The van der Waals surface area contributed by atoms with Crippen molar-refractivity contribution in [1.82, 2.24) is 5.32 Å². The maximum Gasteiger partial charge on any atom is 0.220 e. The smallest absolute Gasteiger partial charge is 0.220 e. The normalized spacial score (nSPS) is 10.2. The minimum atomic E-state index is 0.138. The Morgan fingerprint density at radius 3 is 2.55 bits per heavy atom. The molecule has 20 heavy (non-hydrogen) atoms. The molecule has 0 unspecified atom stereocenters. The number of rotatable bonds is 9. The molecule has 1 aromatic carbocycles. The molecule has 1 aromatic rings. The summed E-state index contributed by atoms with van der Waals surface area (Å²) in [6.07, 6.45) is 4.64. The van der Waals surface area contributed by atoms with Crippen molar-refractivity contribution in [2.75, 3.05) is 20.8 Å². The van der Waals surface area contributed by atoms with Crippen molar-refractivity contribution in [1.29, 1.82) is 0 Å². The van der Waals surface area contributed by atoms with Gasteiger partial charge in [0, 0.05) is 13.0 Å². The first-order valence-electron chi connectivity index (χ1n) is 7.18. The highest BCUT2D eigenvalue weighted by Crippen LogP contribution is 2.27. The molecule has 0 fully saturated rings. The Morgan fingerprint density at radius 2 is 1.90 bits per heavy atom. The first kappa shape index (κ1) is 16.3. The van der Waals surface area contributed by atoms with Crippen LogP contribution in [-0.4, -0.2) is 26.7 Å². The van der Waals surface area contributed by atoms with Gasteiger partial charge < -0.3 is 14.8 Å². The SMILES string of the molecule is CCCCCC(=O)NCCc1ccc(OC)c(OC)c1. The van der Waals surface area contributed by atoms with Crippen LogP contribution in [0, 0.1) is 0 Å². The second-order valence-corrected chi connectivity index (χ2v) is 4.75. The summed E-state index contributed by atoms with van der Waals surface area (Å²) in [6, 6.07) is 5.82. The van der Waals surface area contributed by atoms with Gasteiger partial charge in [0.25, 0.3) is 0 Å². The fourth-order valence-electron chi connectivity index (χ4n) is 2.01. The van der Waals surface area contributed by atoms with Crippen LogP contribution in [0.15, 0.2) is 18.2 Å². The number of carbonyl (C=O) groups is 1. The van der Waals surface area contributed by atoms with Gasteiger partial charge in [0.2, 0.25) is 5.91 Å². The summed E-state index contributed by atoms with van der Waals surface area (Å²) >= 11 is 0. The molecule has 0 bridgehead atoms. The molecule has 0 aliphatic heterocycles. The number of unbranched alkanes of at least 4 members (excludes halogenated alkanes) is 2. The molecule has 112 valence electrons. The van der Waals surface area contributed by atoms with Gasteiger partial charge in [0.15, 0.2) is 11.5 Å². The second kappa shape index (κ2) is 9.23. The first-order chi connectivity index (χ1) is 9.71. The molecule has 1 N–H and O–H groups in total. The number of methoxy groups -OCH3 is 2. The lowest BCUT2D eigenvalue weighted by Crippen LogP contribution is -2.25. The van der Waals surface area contributed by atoms with Crippen molar-refractivity contribution in [3.63, 3.8) is 0 Å². The summed E-state index contributed by atoms with van der Waals surface area (Å²) < 4.78 is 10.5. The third kappa shape index (κ3) is 5.51. The van der Waals surface area contributed by atoms with Crippen LogP contribution in [0.4, 0.5) is 0 Å². The van der Waals surface area contributed by atoms with Crippen LogP contribution in [0.5, 0.6) is 11.5 Å². The highest BCUT2D eigenvalue weighted by Gasteiger charge is 2.05. The van der Waals surface area contributed by atoms with Gasteiger partial charge >= 0.3 is 0 Å². The molecular formula is C16H25NO3. The van der Waals surface area contributed by atoms with Crippen LogP contribution < -0.4 is 14.8 Å². The maximum absolute atomic E-state index is 11.6. The zero-order valence-corrected chi connectivity index (χ0v) is 12.7. The monoisotopic (exact) mass is 279 g/mol. The molecule has 0 aliphatic rings. The van der Waals surface area contributed by atoms with E-state index in [0.29, 0.717) is 13.0 Å². The van der Waals surface area contributed by atoms with Crippen molar-refractivity contribution in [3.05, 3.63) is 23.8 Å². The standard InChI is InChI=1S/C16H25NO3/c1-4-5-6-7-16(18)17-11-10-13-8-9-14(19-2)15(12-13)20-3/h8-9,12H,4-7,10-11H2,1-3H3,(H,17,18). The van der Waals surface area contributed by atoms with E-state index >= 15 is 0 Å². The first-order valence-corrected chi connectivity index (χ1v) is 7.18. The molecule has 0 saturated heterocycles. The molecule has 0 saturated carbocycles. The molecular weight excluding hydrogens is 254 g/mol. The van der Waals surface area contributed by atoms with Gasteiger partial charge in [-0.05, 0) is 30.5 Å². The summed E-state index contributed by atoms with van der Waals surface area (Å²) in [5, 5.41) is 2.95. The minimum absolute atomic E-state index is 0.138. The predicted molar refractivity (Wildman–Crippen MR) is 80.4 cm³/mol. The van der Waals surface area contributed by atoms with E-state index in [4.69, 9.17) is 9.47 Å². The zero-order valence-electron chi connectivity index (χ0n) is 12.7. The average Bonchev–Trinajstić information content (AvgIpc) is 2.47. The summed E-state index contributed by atoms with van der Waals surface area (Å²) in [5.74, 6) is 1.58. The van der Waals surface area contributed by atoms with Gasteiger partial charge in [-0.3, -0.25) is 4.79 Å². The highest BCUT2D eigenvalue weighted by atomic mass is 16.5. The fourth-order valence-corrected chi connectivity index (χ4v) is 2.01. The van der Waals surface area contributed by atoms with Crippen LogP contribution in [0.3, 0.4) is 0 Å². The number of nitrogens with one attached hydrogen (secondary N) is 1. The number of amides is 1. The minimum Gasteiger partial charge on any atom is -0.493 e. The lowest BCUT2D eigenvalue weighted by molar-refractivity contribution is -0.121. The van der Waals surface area contributed by atoms with E-state index in [1.807, 2.05) is 18.2 Å². The molecule has 1 rings (SSSR count). The molecule has 0 aliphatic carbocycles. The van der Waals surface area contributed by atoms with Gasteiger partial charge in [-0.2, -0.15) is 0 Å². The summed E-state index contributed by atoms with van der Waals surface area (Å²) in [4.78, 5) is 11.6. The Labute approximate surface area is 121 Å². The molecule has 4 nitrogen and oxygen atoms in total. The van der Waals surface area contributed by atoms with Crippen LogP contribution in [0.1, 0.15) is 38.2 Å². The Kier molecular flexibility index (Phi) is 7.55. The van der Waals surface area contributed by atoms with E-state index in [0.717, 1.165) is 42.7 Å². The van der Waals surface area contributed by atoms with Crippen LogP contribution in [-0.2, 0) is 11.2 Å². The van der Waals surface area contributed by atoms with Gasteiger partial charge in [0.05, 0.1) is 14.2 Å². The number of hydrogen-bond donors (Lipinski definition) is 1.